The van der Waals surface area contributed by atoms with Crippen LogP contribution < -0.4 is 0 Å². The Hall–Kier alpha value is -2.55. The number of pyridine rings is 1. The first-order valence-electron chi connectivity index (χ1n) is 8.61. The van der Waals surface area contributed by atoms with E-state index in [9.17, 15) is 4.39 Å². The second-order valence-electron chi connectivity index (χ2n) is 6.10. The molecule has 4 rings (SSSR count). The third-order valence-corrected chi connectivity index (χ3v) is 5.48. The van der Waals surface area contributed by atoms with E-state index in [0.29, 0.717) is 5.82 Å². The molecule has 7 heteroatoms. The number of hydrogen-bond acceptors (Lipinski definition) is 3. The number of nitrogens with one attached hydrogen (secondary N) is 1. The highest BCUT2D eigenvalue weighted by molar-refractivity contribution is 14.1. The summed E-state index contributed by atoms with van der Waals surface area (Å²) >= 11 is 2.30. The standard InChI is InChI=1S/C20H17FIN5/c1-2-27-17(10-14-12-25-19-16(14)4-3-9-23-19)18(22)20(26-27)24-11-13-5-7-15(21)8-6-13/h3-9,11-12H,2,10H2,1H3,(H,23,25). The fraction of sp³-hybridized carbons (Fsp3) is 0.150. The number of aliphatic imine (C=N–C) groups is 1. The van der Waals surface area contributed by atoms with Crippen molar-refractivity contribution in [1.29, 1.82) is 0 Å². The van der Waals surface area contributed by atoms with E-state index in [1.807, 2.05) is 16.9 Å². The molecular weight excluding hydrogens is 456 g/mol. The third-order valence-electron chi connectivity index (χ3n) is 4.38. The van der Waals surface area contributed by atoms with Crippen LogP contribution in [0.2, 0.25) is 0 Å². The predicted octanol–water partition coefficient (Wildman–Crippen LogP) is 4.86. The summed E-state index contributed by atoms with van der Waals surface area (Å²) in [5.41, 5.74) is 4.02. The van der Waals surface area contributed by atoms with Gasteiger partial charge in [-0.2, -0.15) is 5.10 Å². The lowest BCUT2D eigenvalue weighted by Gasteiger charge is -2.04. The summed E-state index contributed by atoms with van der Waals surface area (Å²) in [5.74, 6) is 0.419. The second kappa shape index (κ2) is 7.59. The average molecular weight is 473 g/mol. The van der Waals surface area contributed by atoms with Gasteiger partial charge in [0.2, 0.25) is 0 Å². The Balaban J connectivity index is 1.66. The molecule has 0 radical (unpaired) electrons. The fourth-order valence-corrected chi connectivity index (χ4v) is 3.71. The Morgan fingerprint density at radius 3 is 2.85 bits per heavy atom. The lowest BCUT2D eigenvalue weighted by atomic mass is 10.1. The van der Waals surface area contributed by atoms with Crippen molar-refractivity contribution in [2.45, 2.75) is 19.9 Å². The minimum atomic E-state index is -0.257. The van der Waals surface area contributed by atoms with Gasteiger partial charge in [-0.1, -0.05) is 12.1 Å². The normalized spacial score (nSPS) is 11.7. The van der Waals surface area contributed by atoms with Crippen LogP contribution in [0.1, 0.15) is 23.7 Å². The second-order valence-corrected chi connectivity index (χ2v) is 7.18. The first kappa shape index (κ1) is 17.8. The molecular formula is C20H17FIN5. The first-order chi connectivity index (χ1) is 13.2. The molecule has 27 heavy (non-hydrogen) atoms. The molecule has 4 aromatic rings. The molecule has 1 N–H and O–H groups in total. The number of H-pyrrole nitrogens is 1. The van der Waals surface area contributed by atoms with Gasteiger partial charge in [-0.3, -0.25) is 4.68 Å². The summed E-state index contributed by atoms with van der Waals surface area (Å²) in [6, 6.07) is 10.3. The van der Waals surface area contributed by atoms with E-state index in [0.717, 1.165) is 38.8 Å². The van der Waals surface area contributed by atoms with Crippen LogP contribution >= 0.6 is 22.6 Å². The lowest BCUT2D eigenvalue weighted by Crippen LogP contribution is -2.04. The summed E-state index contributed by atoms with van der Waals surface area (Å²) in [6.07, 6.45) is 6.24. The monoisotopic (exact) mass is 473 g/mol. The number of hydrogen-bond donors (Lipinski definition) is 1. The first-order valence-corrected chi connectivity index (χ1v) is 9.69. The number of rotatable bonds is 5. The van der Waals surface area contributed by atoms with Crippen LogP contribution in [0.15, 0.2) is 53.8 Å². The highest BCUT2D eigenvalue weighted by Gasteiger charge is 2.16. The van der Waals surface area contributed by atoms with Gasteiger partial charge < -0.3 is 4.98 Å². The molecule has 0 atom stereocenters. The van der Waals surface area contributed by atoms with Crippen molar-refractivity contribution in [1.82, 2.24) is 19.7 Å². The van der Waals surface area contributed by atoms with Gasteiger partial charge in [0.05, 0.1) is 9.26 Å². The maximum absolute atomic E-state index is 13.0. The van der Waals surface area contributed by atoms with Crippen molar-refractivity contribution in [3.8, 4) is 0 Å². The molecule has 3 heterocycles. The summed E-state index contributed by atoms with van der Waals surface area (Å²) in [4.78, 5) is 12.1. The minimum absolute atomic E-state index is 0.257. The van der Waals surface area contributed by atoms with E-state index >= 15 is 0 Å². The molecule has 0 saturated heterocycles. The van der Waals surface area contributed by atoms with Crippen LogP contribution in [-0.2, 0) is 13.0 Å². The van der Waals surface area contributed by atoms with Crippen molar-refractivity contribution in [2.24, 2.45) is 4.99 Å². The van der Waals surface area contributed by atoms with Crippen LogP contribution in [0, 0.1) is 9.39 Å². The molecule has 3 aromatic heterocycles. The van der Waals surface area contributed by atoms with Crippen molar-refractivity contribution in [3.63, 3.8) is 0 Å². The van der Waals surface area contributed by atoms with E-state index in [1.54, 1.807) is 24.5 Å². The summed E-state index contributed by atoms with van der Waals surface area (Å²) in [5, 5.41) is 5.75. The van der Waals surface area contributed by atoms with Crippen molar-refractivity contribution >= 4 is 45.7 Å². The van der Waals surface area contributed by atoms with E-state index in [1.165, 1.54) is 17.7 Å². The summed E-state index contributed by atoms with van der Waals surface area (Å²) < 4.78 is 16.0. The quantitative estimate of drug-likeness (QED) is 0.333. The van der Waals surface area contributed by atoms with Crippen LogP contribution in [0.4, 0.5) is 10.2 Å². The number of benzene rings is 1. The van der Waals surface area contributed by atoms with Crippen molar-refractivity contribution < 1.29 is 4.39 Å². The maximum atomic E-state index is 13.0. The van der Waals surface area contributed by atoms with Gasteiger partial charge in [0.1, 0.15) is 11.5 Å². The summed E-state index contributed by atoms with van der Waals surface area (Å²) in [6.45, 7) is 2.83. The van der Waals surface area contributed by atoms with Crippen LogP contribution in [-0.4, -0.2) is 26.0 Å². The number of aryl methyl sites for hydroxylation is 1. The molecule has 0 bridgehead atoms. The fourth-order valence-electron chi connectivity index (χ4n) is 3.00. The van der Waals surface area contributed by atoms with Crippen molar-refractivity contribution in [2.75, 3.05) is 0 Å². The third kappa shape index (κ3) is 3.64. The highest BCUT2D eigenvalue weighted by Crippen LogP contribution is 2.28. The zero-order valence-electron chi connectivity index (χ0n) is 14.7. The van der Waals surface area contributed by atoms with Crippen molar-refractivity contribution in [3.05, 3.63) is 75.0 Å². The molecule has 0 aliphatic carbocycles. The van der Waals surface area contributed by atoms with Gasteiger partial charge in [-0.15, -0.1) is 0 Å². The van der Waals surface area contributed by atoms with E-state index in [-0.39, 0.29) is 5.82 Å². The van der Waals surface area contributed by atoms with Crippen LogP contribution in [0.25, 0.3) is 11.0 Å². The van der Waals surface area contributed by atoms with E-state index < -0.39 is 0 Å². The van der Waals surface area contributed by atoms with Gasteiger partial charge in [0, 0.05) is 37.0 Å². The molecule has 0 aliphatic heterocycles. The molecule has 0 unspecified atom stereocenters. The van der Waals surface area contributed by atoms with Gasteiger partial charge in [-0.25, -0.2) is 14.4 Å². The predicted molar refractivity (Wildman–Crippen MR) is 113 cm³/mol. The van der Waals surface area contributed by atoms with Crippen LogP contribution in [0.3, 0.4) is 0 Å². The number of aromatic amines is 1. The number of nitrogens with zero attached hydrogens (tertiary/aromatic N) is 4. The van der Waals surface area contributed by atoms with E-state index in [2.05, 4.69) is 55.6 Å². The Kier molecular flexibility index (Phi) is 5.02. The largest absolute Gasteiger partial charge is 0.346 e. The minimum Gasteiger partial charge on any atom is -0.346 e. The molecule has 0 amide bonds. The Labute approximate surface area is 169 Å². The summed E-state index contributed by atoms with van der Waals surface area (Å²) in [7, 11) is 0. The van der Waals surface area contributed by atoms with Crippen LogP contribution in [0.5, 0.6) is 0 Å². The van der Waals surface area contributed by atoms with E-state index in [4.69, 9.17) is 0 Å². The SMILES string of the molecule is CCn1nc(N=Cc2ccc(F)cc2)c(I)c1Cc1c[nH]c2ncccc12. The van der Waals surface area contributed by atoms with Gasteiger partial charge in [-0.05, 0) is 64.9 Å². The zero-order chi connectivity index (χ0) is 18.8. The Bertz CT molecular complexity index is 1110. The molecule has 0 spiro atoms. The Morgan fingerprint density at radius 2 is 2.07 bits per heavy atom. The molecule has 0 fully saturated rings. The smallest absolute Gasteiger partial charge is 0.187 e. The number of halogens is 2. The molecule has 0 aliphatic rings. The topological polar surface area (TPSA) is 58.9 Å². The molecule has 0 saturated carbocycles. The molecule has 5 nitrogen and oxygen atoms in total. The average Bonchev–Trinajstić information content (AvgIpc) is 3.23. The number of aromatic nitrogens is 4. The Morgan fingerprint density at radius 1 is 1.26 bits per heavy atom. The van der Waals surface area contributed by atoms with Gasteiger partial charge >= 0.3 is 0 Å². The lowest BCUT2D eigenvalue weighted by molar-refractivity contribution is 0.628. The van der Waals surface area contributed by atoms with Gasteiger partial charge in [0.15, 0.2) is 5.82 Å². The maximum Gasteiger partial charge on any atom is 0.187 e. The highest BCUT2D eigenvalue weighted by atomic mass is 127. The molecule has 136 valence electrons. The molecule has 1 aromatic carbocycles. The van der Waals surface area contributed by atoms with Gasteiger partial charge in [0.25, 0.3) is 0 Å². The number of fused-ring (bicyclic) bond motifs is 1. The zero-order valence-corrected chi connectivity index (χ0v) is 16.8.